The van der Waals surface area contributed by atoms with Crippen LogP contribution in [0.3, 0.4) is 0 Å². The van der Waals surface area contributed by atoms with Crippen LogP contribution in [-0.4, -0.2) is 28.9 Å². The van der Waals surface area contributed by atoms with Gasteiger partial charge in [-0.15, -0.1) is 0 Å². The number of aromatic nitrogens is 2. The normalized spacial score (nSPS) is 10.9. The van der Waals surface area contributed by atoms with Crippen LogP contribution in [0.15, 0.2) is 53.8 Å². The minimum Gasteiger partial charge on any atom is -0.484 e. The highest BCUT2D eigenvalue weighted by atomic mass is 35.5. The second kappa shape index (κ2) is 8.70. The molecule has 1 amide bonds. The molecule has 2 aromatic carbocycles. The summed E-state index contributed by atoms with van der Waals surface area (Å²) in [5, 5.41) is 11.7. The molecule has 0 aliphatic rings. The number of nitrogens with one attached hydrogen (secondary N) is 2. The number of H-pyrrole nitrogens is 1. The minimum atomic E-state index is -0.368. The van der Waals surface area contributed by atoms with Crippen LogP contribution < -0.4 is 10.2 Å². The summed E-state index contributed by atoms with van der Waals surface area (Å²) in [5.41, 5.74) is 5.68. The van der Waals surface area contributed by atoms with Gasteiger partial charge in [-0.05, 0) is 36.8 Å². The number of ether oxygens (including phenoxy) is 1. The van der Waals surface area contributed by atoms with Crippen LogP contribution in [0.2, 0.25) is 10.0 Å². The van der Waals surface area contributed by atoms with E-state index in [2.05, 4.69) is 20.7 Å². The van der Waals surface area contributed by atoms with Gasteiger partial charge in [0.1, 0.15) is 5.75 Å². The fraction of sp³-hybridized carbons (Fsp3) is 0.105. The Labute approximate surface area is 166 Å². The van der Waals surface area contributed by atoms with E-state index in [9.17, 15) is 4.79 Å². The molecular formula is C19H16Cl2N4O2. The molecule has 0 spiro atoms. The number of rotatable bonds is 6. The Morgan fingerprint density at radius 2 is 2.11 bits per heavy atom. The molecule has 0 fully saturated rings. The number of aromatic amines is 1. The second-order valence-corrected chi connectivity index (χ2v) is 6.54. The average molecular weight is 403 g/mol. The highest BCUT2D eigenvalue weighted by molar-refractivity contribution is 6.42. The van der Waals surface area contributed by atoms with Crippen LogP contribution >= 0.6 is 23.2 Å². The van der Waals surface area contributed by atoms with Crippen molar-refractivity contribution in [3.8, 4) is 17.0 Å². The Hall–Kier alpha value is -2.83. The van der Waals surface area contributed by atoms with Crippen LogP contribution in [0, 0.1) is 6.92 Å². The molecule has 0 saturated heterocycles. The summed E-state index contributed by atoms with van der Waals surface area (Å²) in [7, 11) is 0. The number of hydrazone groups is 1. The van der Waals surface area contributed by atoms with Crippen molar-refractivity contribution in [1.82, 2.24) is 15.6 Å². The van der Waals surface area contributed by atoms with Crippen molar-refractivity contribution in [2.75, 3.05) is 6.61 Å². The van der Waals surface area contributed by atoms with E-state index >= 15 is 0 Å². The van der Waals surface area contributed by atoms with Crippen molar-refractivity contribution < 1.29 is 9.53 Å². The molecule has 1 heterocycles. The molecule has 0 bridgehead atoms. The zero-order valence-corrected chi connectivity index (χ0v) is 15.9. The summed E-state index contributed by atoms with van der Waals surface area (Å²) in [4.78, 5) is 11.9. The van der Waals surface area contributed by atoms with Crippen molar-refractivity contribution in [3.05, 3.63) is 69.8 Å². The fourth-order valence-corrected chi connectivity index (χ4v) is 2.63. The number of amides is 1. The van der Waals surface area contributed by atoms with Gasteiger partial charge >= 0.3 is 0 Å². The second-order valence-electron chi connectivity index (χ2n) is 5.73. The predicted octanol–water partition coefficient (Wildman–Crippen LogP) is 4.22. The van der Waals surface area contributed by atoms with E-state index in [1.165, 1.54) is 6.21 Å². The average Bonchev–Trinajstić information content (AvgIpc) is 3.11. The first-order valence-electron chi connectivity index (χ1n) is 8.03. The van der Waals surface area contributed by atoms with E-state index in [-0.39, 0.29) is 12.5 Å². The summed E-state index contributed by atoms with van der Waals surface area (Å²) in [5.74, 6) is 0.262. The van der Waals surface area contributed by atoms with Crippen LogP contribution in [0.25, 0.3) is 11.3 Å². The standard InChI is InChI=1S/C19H16Cl2N4O2/c1-12-3-2-4-15(7-12)27-11-18(26)24-22-9-14-10-23-25-19(14)13-5-6-16(20)17(21)8-13/h2-10H,11H2,1H3,(H,23,25)(H,24,26)/b22-9-. The van der Waals surface area contributed by atoms with Gasteiger partial charge in [-0.2, -0.15) is 10.2 Å². The van der Waals surface area contributed by atoms with E-state index in [0.717, 1.165) is 11.1 Å². The van der Waals surface area contributed by atoms with Gasteiger partial charge in [0.25, 0.3) is 5.91 Å². The fourth-order valence-electron chi connectivity index (χ4n) is 2.34. The van der Waals surface area contributed by atoms with Crippen molar-refractivity contribution >= 4 is 35.3 Å². The monoisotopic (exact) mass is 402 g/mol. The summed E-state index contributed by atoms with van der Waals surface area (Å²) in [6.07, 6.45) is 3.09. The lowest BCUT2D eigenvalue weighted by Gasteiger charge is -2.05. The molecule has 27 heavy (non-hydrogen) atoms. The Bertz CT molecular complexity index is 985. The molecule has 6 nitrogen and oxygen atoms in total. The van der Waals surface area contributed by atoms with E-state index < -0.39 is 0 Å². The first-order chi connectivity index (χ1) is 13.0. The Kier molecular flexibility index (Phi) is 6.11. The zero-order valence-electron chi connectivity index (χ0n) is 14.4. The third kappa shape index (κ3) is 5.09. The largest absolute Gasteiger partial charge is 0.484 e. The Balaban J connectivity index is 1.59. The first kappa shape index (κ1) is 18.9. The van der Waals surface area contributed by atoms with Gasteiger partial charge in [-0.1, -0.05) is 41.4 Å². The molecule has 1 aromatic heterocycles. The number of benzene rings is 2. The molecule has 0 unspecified atom stereocenters. The zero-order chi connectivity index (χ0) is 19.2. The van der Waals surface area contributed by atoms with Gasteiger partial charge in [-0.25, -0.2) is 5.43 Å². The number of halogens is 2. The van der Waals surface area contributed by atoms with Crippen molar-refractivity contribution in [2.45, 2.75) is 6.92 Å². The van der Waals surface area contributed by atoms with E-state index in [1.807, 2.05) is 31.2 Å². The summed E-state index contributed by atoms with van der Waals surface area (Å²) < 4.78 is 5.42. The molecule has 0 radical (unpaired) electrons. The van der Waals surface area contributed by atoms with Gasteiger partial charge < -0.3 is 4.74 Å². The molecule has 138 valence electrons. The van der Waals surface area contributed by atoms with E-state index in [1.54, 1.807) is 24.4 Å². The number of hydrogen-bond donors (Lipinski definition) is 2. The molecule has 8 heteroatoms. The minimum absolute atomic E-state index is 0.133. The molecule has 3 rings (SSSR count). The van der Waals surface area contributed by atoms with Crippen molar-refractivity contribution in [2.24, 2.45) is 5.10 Å². The number of hydrogen-bond acceptors (Lipinski definition) is 4. The van der Waals surface area contributed by atoms with Gasteiger partial charge in [0.2, 0.25) is 0 Å². The lowest BCUT2D eigenvalue weighted by atomic mass is 10.1. The third-order valence-corrected chi connectivity index (χ3v) is 4.37. The van der Waals surface area contributed by atoms with Crippen LogP contribution in [-0.2, 0) is 4.79 Å². The van der Waals surface area contributed by atoms with E-state index in [0.29, 0.717) is 27.1 Å². The molecule has 0 aliphatic carbocycles. The van der Waals surface area contributed by atoms with Gasteiger partial charge in [0.15, 0.2) is 6.61 Å². The number of carbonyl (C=O) groups is 1. The van der Waals surface area contributed by atoms with Crippen molar-refractivity contribution in [3.63, 3.8) is 0 Å². The van der Waals surface area contributed by atoms with Gasteiger partial charge in [0.05, 0.1) is 28.2 Å². The smallest absolute Gasteiger partial charge is 0.277 e. The highest BCUT2D eigenvalue weighted by Crippen LogP contribution is 2.28. The SMILES string of the molecule is Cc1cccc(OCC(=O)N/N=C\c2cn[nH]c2-c2ccc(Cl)c(Cl)c2)c1. The summed E-state index contributed by atoms with van der Waals surface area (Å²) >= 11 is 12.0. The maximum atomic E-state index is 11.9. The Morgan fingerprint density at radius 3 is 2.89 bits per heavy atom. The maximum absolute atomic E-state index is 11.9. The van der Waals surface area contributed by atoms with Gasteiger partial charge in [-0.3, -0.25) is 9.89 Å². The number of aryl methyl sites for hydroxylation is 1. The maximum Gasteiger partial charge on any atom is 0.277 e. The van der Waals surface area contributed by atoms with E-state index in [4.69, 9.17) is 27.9 Å². The van der Waals surface area contributed by atoms with Gasteiger partial charge in [0, 0.05) is 11.1 Å². The molecule has 3 aromatic rings. The molecule has 0 saturated carbocycles. The quantitative estimate of drug-likeness (QED) is 0.478. The molecule has 2 N–H and O–H groups in total. The van der Waals surface area contributed by atoms with Crippen LogP contribution in [0.4, 0.5) is 0 Å². The molecule has 0 aliphatic heterocycles. The lowest BCUT2D eigenvalue weighted by Crippen LogP contribution is -2.24. The Morgan fingerprint density at radius 1 is 1.26 bits per heavy atom. The van der Waals surface area contributed by atoms with Crippen LogP contribution in [0.5, 0.6) is 5.75 Å². The molecular weight excluding hydrogens is 387 g/mol. The lowest BCUT2D eigenvalue weighted by molar-refractivity contribution is -0.123. The highest BCUT2D eigenvalue weighted by Gasteiger charge is 2.08. The number of carbonyl (C=O) groups excluding carboxylic acids is 1. The topological polar surface area (TPSA) is 79.4 Å². The van der Waals surface area contributed by atoms with Crippen molar-refractivity contribution in [1.29, 1.82) is 0 Å². The van der Waals surface area contributed by atoms with Crippen LogP contribution in [0.1, 0.15) is 11.1 Å². The first-order valence-corrected chi connectivity index (χ1v) is 8.78. The number of nitrogens with zero attached hydrogens (tertiary/aromatic N) is 2. The molecule has 0 atom stereocenters. The third-order valence-electron chi connectivity index (χ3n) is 3.63. The predicted molar refractivity (Wildman–Crippen MR) is 106 cm³/mol. The summed E-state index contributed by atoms with van der Waals surface area (Å²) in [6, 6.07) is 12.7. The summed E-state index contributed by atoms with van der Waals surface area (Å²) in [6.45, 7) is 1.82.